The molecule has 3 nitrogen and oxygen atoms in total. The van der Waals surface area contributed by atoms with Crippen LogP contribution >= 0.6 is 0 Å². The summed E-state index contributed by atoms with van der Waals surface area (Å²) in [6, 6.07) is 64.0. The summed E-state index contributed by atoms with van der Waals surface area (Å²) < 4.78 is 2.61. The lowest BCUT2D eigenvalue weighted by Crippen LogP contribution is -2.47. The number of nitrogens with zero attached hydrogens (tertiary/aromatic N) is 2. The highest BCUT2D eigenvalue weighted by Crippen LogP contribution is 2.53. The Hall–Kier alpha value is -6.78. The Bertz CT molecular complexity index is 3220. The van der Waals surface area contributed by atoms with E-state index in [0.29, 0.717) is 0 Å². The van der Waals surface area contributed by atoms with Crippen molar-refractivity contribution in [3.63, 3.8) is 0 Å². The number of para-hydroxylation sites is 3. The molecule has 0 bridgehead atoms. The first-order chi connectivity index (χ1) is 31.5. The van der Waals surface area contributed by atoms with Gasteiger partial charge in [0.2, 0.25) is 6.71 Å². The first-order valence-electron chi connectivity index (χ1n) is 23.8. The van der Waals surface area contributed by atoms with Gasteiger partial charge in [0, 0.05) is 50.2 Å². The van der Waals surface area contributed by atoms with Crippen LogP contribution < -0.4 is 21.1 Å². The van der Waals surface area contributed by atoms with Gasteiger partial charge in [0.05, 0.1) is 16.7 Å². The molecule has 0 fully saturated rings. The summed E-state index contributed by atoms with van der Waals surface area (Å²) in [6.45, 7) is 16.5. The standard InChI is InChI=1S/C61H58BN3/c1-8-9-12-21-40-30-35-55-52(36-40)62(7)58-49(39-56(57-46-27-18-20-29-54(46)65(55)59(57)58)64(43-22-13-10-14-23-43)44-24-15-11-16-25-44)48-37-51-47(45-26-17-19-28-50(45)61(51,5)6)38-53(48)63-42-33-31-41(32-34-42)60(2,3)4/h10-11,13-20,22-39,63H,8-9,12,21H2,1-7H3. The fraction of sp³-hybridized carbons (Fsp3) is 0.213. The minimum atomic E-state index is -0.182. The molecule has 8 aromatic carbocycles. The highest BCUT2D eigenvalue weighted by Gasteiger charge is 2.39. The van der Waals surface area contributed by atoms with Gasteiger partial charge >= 0.3 is 0 Å². The van der Waals surface area contributed by atoms with Gasteiger partial charge in [-0.25, -0.2) is 0 Å². The molecule has 2 heterocycles. The SMILES string of the molecule is CCCCCc1ccc2c(c1)B(C)c1c(-c3cc4c(cc3Nc3ccc(C(C)(C)C)cc3)-c3ccccc3C4(C)C)cc(N(c3ccccc3)c3ccccc3)c3c4ccccc4n-2c13. The van der Waals surface area contributed by atoms with Crippen LogP contribution in [0.2, 0.25) is 6.82 Å². The molecule has 0 saturated heterocycles. The van der Waals surface area contributed by atoms with E-state index < -0.39 is 0 Å². The Morgan fingerprint density at radius 1 is 0.631 bits per heavy atom. The normalized spacial score (nSPS) is 13.5. The molecule has 0 saturated carbocycles. The molecule has 65 heavy (non-hydrogen) atoms. The Balaban J connectivity index is 1.27. The molecular weight excluding hydrogens is 786 g/mol. The van der Waals surface area contributed by atoms with Crippen molar-refractivity contribution in [2.75, 3.05) is 10.2 Å². The zero-order chi connectivity index (χ0) is 44.6. The summed E-state index contributed by atoms with van der Waals surface area (Å²) >= 11 is 0. The van der Waals surface area contributed by atoms with Gasteiger partial charge in [0.25, 0.3) is 0 Å². The zero-order valence-corrected chi connectivity index (χ0v) is 39.0. The molecule has 0 radical (unpaired) electrons. The van der Waals surface area contributed by atoms with Gasteiger partial charge in [-0.3, -0.25) is 0 Å². The molecule has 0 unspecified atom stereocenters. The van der Waals surface area contributed by atoms with Crippen molar-refractivity contribution in [3.05, 3.63) is 192 Å². The molecule has 0 atom stereocenters. The molecule has 1 N–H and O–H groups in total. The smallest absolute Gasteiger partial charge is 0.212 e. The van der Waals surface area contributed by atoms with E-state index in [1.54, 1.807) is 0 Å². The number of anilines is 5. The van der Waals surface area contributed by atoms with E-state index in [-0.39, 0.29) is 17.5 Å². The summed E-state index contributed by atoms with van der Waals surface area (Å²) in [6.07, 6.45) is 4.77. The van der Waals surface area contributed by atoms with Gasteiger partial charge in [-0.2, -0.15) is 0 Å². The minimum absolute atomic E-state index is 0.0607. The maximum atomic E-state index is 4.06. The van der Waals surface area contributed by atoms with Gasteiger partial charge in [-0.1, -0.05) is 170 Å². The van der Waals surface area contributed by atoms with Crippen molar-refractivity contribution in [1.29, 1.82) is 0 Å². The molecule has 1 aliphatic heterocycles. The quantitative estimate of drug-likeness (QED) is 0.109. The van der Waals surface area contributed by atoms with E-state index in [4.69, 9.17) is 0 Å². The lowest BCUT2D eigenvalue weighted by Gasteiger charge is -2.32. The van der Waals surface area contributed by atoms with Gasteiger partial charge < -0.3 is 14.8 Å². The van der Waals surface area contributed by atoms with Crippen molar-refractivity contribution < 1.29 is 0 Å². The fourth-order valence-corrected chi connectivity index (χ4v) is 11.2. The molecular formula is C61H58BN3. The predicted molar refractivity (Wildman–Crippen MR) is 281 cm³/mol. The molecule has 320 valence electrons. The van der Waals surface area contributed by atoms with Crippen LogP contribution in [0.25, 0.3) is 49.7 Å². The molecule has 9 aromatic rings. The highest BCUT2D eigenvalue weighted by atomic mass is 15.1. The second-order valence-electron chi connectivity index (χ2n) is 20.1. The van der Waals surface area contributed by atoms with Gasteiger partial charge in [-0.15, -0.1) is 0 Å². The molecule has 0 amide bonds. The molecule has 4 heteroatoms. The van der Waals surface area contributed by atoms with E-state index in [1.165, 1.54) is 108 Å². The van der Waals surface area contributed by atoms with Crippen molar-refractivity contribution >= 4 is 67.9 Å². The predicted octanol–water partition coefficient (Wildman–Crippen LogP) is 15.6. The summed E-state index contributed by atoms with van der Waals surface area (Å²) in [4.78, 5) is 2.49. The lowest BCUT2D eigenvalue weighted by atomic mass is 9.39. The van der Waals surface area contributed by atoms with Crippen molar-refractivity contribution in [3.8, 4) is 27.9 Å². The Kier molecular flexibility index (Phi) is 9.92. The van der Waals surface area contributed by atoms with Crippen LogP contribution in [-0.2, 0) is 17.3 Å². The number of unbranched alkanes of at least 4 members (excludes halogenated alkanes) is 2. The summed E-state index contributed by atoms with van der Waals surface area (Å²) in [7, 11) is 0. The number of nitrogens with one attached hydrogen (secondary N) is 1. The number of fused-ring (bicyclic) bond motifs is 8. The van der Waals surface area contributed by atoms with E-state index in [2.05, 4.69) is 233 Å². The number of aromatic nitrogens is 1. The van der Waals surface area contributed by atoms with Crippen LogP contribution in [0.4, 0.5) is 28.4 Å². The van der Waals surface area contributed by atoms with Crippen LogP contribution in [0, 0.1) is 0 Å². The van der Waals surface area contributed by atoms with E-state index in [9.17, 15) is 0 Å². The summed E-state index contributed by atoms with van der Waals surface area (Å²) in [5, 5.41) is 6.60. The minimum Gasteiger partial charge on any atom is -0.355 e. The van der Waals surface area contributed by atoms with Crippen LogP contribution in [0.3, 0.4) is 0 Å². The van der Waals surface area contributed by atoms with Gasteiger partial charge in [0.15, 0.2) is 0 Å². The second kappa shape index (κ2) is 15.7. The first kappa shape index (κ1) is 41.0. The average Bonchev–Trinajstić information content (AvgIpc) is 3.77. The maximum absolute atomic E-state index is 4.06. The third-order valence-corrected chi connectivity index (χ3v) is 14.6. The number of benzene rings is 8. The monoisotopic (exact) mass is 843 g/mol. The van der Waals surface area contributed by atoms with Gasteiger partial charge in [-0.05, 0) is 129 Å². The molecule has 1 aromatic heterocycles. The van der Waals surface area contributed by atoms with Crippen LogP contribution in [0.15, 0.2) is 170 Å². The van der Waals surface area contributed by atoms with Crippen molar-refractivity contribution in [2.24, 2.45) is 0 Å². The van der Waals surface area contributed by atoms with E-state index in [0.717, 1.165) is 29.2 Å². The van der Waals surface area contributed by atoms with Crippen LogP contribution in [0.5, 0.6) is 0 Å². The van der Waals surface area contributed by atoms with E-state index in [1.807, 2.05) is 0 Å². The molecule has 0 spiro atoms. The average molecular weight is 844 g/mol. The zero-order valence-electron chi connectivity index (χ0n) is 39.0. The number of aryl methyl sites for hydroxylation is 1. The van der Waals surface area contributed by atoms with E-state index >= 15 is 0 Å². The highest BCUT2D eigenvalue weighted by molar-refractivity contribution is 6.88. The number of hydrogen-bond acceptors (Lipinski definition) is 2. The topological polar surface area (TPSA) is 20.2 Å². The third kappa shape index (κ3) is 6.71. The fourth-order valence-electron chi connectivity index (χ4n) is 11.2. The van der Waals surface area contributed by atoms with Crippen molar-refractivity contribution in [2.45, 2.75) is 84.9 Å². The molecule has 1 aliphatic carbocycles. The number of hydrogen-bond donors (Lipinski definition) is 1. The van der Waals surface area contributed by atoms with Crippen molar-refractivity contribution in [1.82, 2.24) is 4.57 Å². The number of rotatable bonds is 10. The summed E-state index contributed by atoms with van der Waals surface area (Å²) in [5.41, 5.74) is 22.7. The Morgan fingerprint density at radius 2 is 1.31 bits per heavy atom. The molecule has 2 aliphatic rings. The van der Waals surface area contributed by atoms with Crippen LogP contribution in [-0.4, -0.2) is 11.3 Å². The largest absolute Gasteiger partial charge is 0.355 e. The third-order valence-electron chi connectivity index (χ3n) is 14.6. The second-order valence-corrected chi connectivity index (χ2v) is 20.1. The summed E-state index contributed by atoms with van der Waals surface area (Å²) in [5.74, 6) is 0. The first-order valence-corrected chi connectivity index (χ1v) is 23.8. The van der Waals surface area contributed by atoms with Gasteiger partial charge in [0.1, 0.15) is 0 Å². The Labute approximate surface area is 385 Å². The lowest BCUT2D eigenvalue weighted by molar-refractivity contribution is 0.590. The molecule has 11 rings (SSSR count). The maximum Gasteiger partial charge on any atom is 0.212 e. The Morgan fingerprint density at radius 3 is 2.02 bits per heavy atom. The van der Waals surface area contributed by atoms with Crippen LogP contribution in [0.1, 0.15) is 83.1 Å².